The first kappa shape index (κ1) is 16.6. The highest BCUT2D eigenvalue weighted by molar-refractivity contribution is 7.89. The van der Waals surface area contributed by atoms with Crippen molar-refractivity contribution in [3.05, 3.63) is 59.8 Å². The van der Waals surface area contributed by atoms with Gasteiger partial charge in [0.05, 0.1) is 35.8 Å². The molecular formula is C18H17N5O2S. The molecule has 0 saturated heterocycles. The quantitative estimate of drug-likeness (QED) is 0.598. The van der Waals surface area contributed by atoms with Gasteiger partial charge in [0.15, 0.2) is 0 Å². The zero-order valence-electron chi connectivity index (χ0n) is 14.3. The Bertz CT molecular complexity index is 1240. The minimum atomic E-state index is -3.74. The highest BCUT2D eigenvalue weighted by atomic mass is 32.2. The number of imidazole rings is 1. The fourth-order valence-electron chi connectivity index (χ4n) is 2.98. The van der Waals surface area contributed by atoms with E-state index in [9.17, 15) is 8.42 Å². The molecule has 0 atom stereocenters. The van der Waals surface area contributed by atoms with Crippen molar-refractivity contribution in [3.8, 4) is 0 Å². The van der Waals surface area contributed by atoms with Crippen molar-refractivity contribution in [1.29, 1.82) is 0 Å². The van der Waals surface area contributed by atoms with E-state index in [2.05, 4.69) is 40.9 Å². The van der Waals surface area contributed by atoms with Gasteiger partial charge >= 0.3 is 0 Å². The zero-order chi connectivity index (χ0) is 18.5. The largest absolute Gasteiger partial charge is 0.324 e. The normalized spacial score (nSPS) is 12.1. The Morgan fingerprint density at radius 2 is 1.77 bits per heavy atom. The van der Waals surface area contributed by atoms with Gasteiger partial charge in [0.2, 0.25) is 10.0 Å². The van der Waals surface area contributed by atoms with E-state index in [-0.39, 0.29) is 4.90 Å². The summed E-state index contributed by atoms with van der Waals surface area (Å²) < 4.78 is 24.7. The van der Waals surface area contributed by atoms with Crippen LogP contribution in [-0.2, 0) is 16.6 Å². The molecule has 0 radical (unpaired) electrons. The number of rotatable bonds is 3. The lowest BCUT2D eigenvalue weighted by Gasteiger charge is -2.09. The van der Waals surface area contributed by atoms with Gasteiger partial charge in [-0.3, -0.25) is 9.97 Å². The number of primary sulfonamides is 1. The van der Waals surface area contributed by atoms with Gasteiger partial charge < -0.3 is 4.57 Å². The summed E-state index contributed by atoms with van der Waals surface area (Å²) in [6.07, 6.45) is 4.79. The van der Waals surface area contributed by atoms with Gasteiger partial charge in [0.1, 0.15) is 10.4 Å². The van der Waals surface area contributed by atoms with Crippen molar-refractivity contribution in [3.63, 3.8) is 0 Å². The van der Waals surface area contributed by atoms with Gasteiger partial charge in [0.25, 0.3) is 0 Å². The number of sulfonamides is 1. The van der Waals surface area contributed by atoms with Gasteiger partial charge in [-0.2, -0.15) is 0 Å². The van der Waals surface area contributed by atoms with Crippen molar-refractivity contribution in [1.82, 2.24) is 19.5 Å². The molecule has 0 spiro atoms. The van der Waals surface area contributed by atoms with Crippen LogP contribution in [0.25, 0.3) is 21.9 Å². The Hall–Kier alpha value is -2.84. The molecule has 132 valence electrons. The van der Waals surface area contributed by atoms with E-state index in [1.54, 1.807) is 18.6 Å². The zero-order valence-corrected chi connectivity index (χ0v) is 15.2. The molecule has 4 aromatic rings. The predicted molar refractivity (Wildman–Crippen MR) is 99.2 cm³/mol. The van der Waals surface area contributed by atoms with E-state index >= 15 is 0 Å². The van der Waals surface area contributed by atoms with Crippen molar-refractivity contribution < 1.29 is 8.42 Å². The summed E-state index contributed by atoms with van der Waals surface area (Å²) in [7, 11) is -3.74. The maximum atomic E-state index is 11.4. The molecule has 3 heterocycles. The van der Waals surface area contributed by atoms with Gasteiger partial charge in [-0.05, 0) is 49.2 Å². The summed E-state index contributed by atoms with van der Waals surface area (Å²) >= 11 is 0. The number of nitrogens with two attached hydrogens (primary N) is 1. The molecule has 0 aliphatic carbocycles. The monoisotopic (exact) mass is 367 g/mol. The van der Waals surface area contributed by atoms with Crippen LogP contribution in [0.5, 0.6) is 0 Å². The van der Waals surface area contributed by atoms with Crippen molar-refractivity contribution in [2.75, 3.05) is 0 Å². The van der Waals surface area contributed by atoms with Crippen LogP contribution in [0.3, 0.4) is 0 Å². The molecule has 0 amide bonds. The second-order valence-electron chi connectivity index (χ2n) is 6.35. The molecule has 0 fully saturated rings. The molecule has 7 nitrogen and oxygen atoms in total. The summed E-state index contributed by atoms with van der Waals surface area (Å²) in [4.78, 5) is 13.1. The Kier molecular flexibility index (Phi) is 3.74. The molecule has 0 saturated carbocycles. The Balaban J connectivity index is 1.82. The van der Waals surface area contributed by atoms with Crippen molar-refractivity contribution >= 4 is 32.0 Å². The van der Waals surface area contributed by atoms with Crippen LogP contribution < -0.4 is 5.14 Å². The molecule has 26 heavy (non-hydrogen) atoms. The molecule has 4 rings (SSSR count). The summed E-state index contributed by atoms with van der Waals surface area (Å²) in [5, 5.41) is 6.15. The van der Waals surface area contributed by atoms with Gasteiger partial charge in [-0.1, -0.05) is 0 Å². The standard InChI is InChI=1S/C18H17N5O2S/c1-11-5-15-16(6-12(11)2)21-8-17-18(15)23(10-22-17)9-13-3-4-14(7-20-13)26(19,24)25/h3-8,10H,9H2,1-2H3,(H2,19,24,25). The van der Waals surface area contributed by atoms with Crippen LogP contribution in [0.2, 0.25) is 0 Å². The second kappa shape index (κ2) is 5.86. The van der Waals surface area contributed by atoms with Crippen LogP contribution in [0.4, 0.5) is 0 Å². The van der Waals surface area contributed by atoms with Crippen LogP contribution in [-0.4, -0.2) is 27.9 Å². The lowest BCUT2D eigenvalue weighted by Crippen LogP contribution is -2.12. The molecule has 0 aliphatic rings. The predicted octanol–water partition coefficient (Wildman–Crippen LogP) is 2.29. The number of fused-ring (bicyclic) bond motifs is 3. The first-order chi connectivity index (χ1) is 12.3. The number of benzene rings is 1. The third-order valence-corrected chi connectivity index (χ3v) is 5.42. The number of pyridine rings is 2. The number of hydrogen-bond donors (Lipinski definition) is 1. The van der Waals surface area contributed by atoms with E-state index in [4.69, 9.17) is 5.14 Å². The van der Waals surface area contributed by atoms with E-state index in [1.807, 2.05) is 4.57 Å². The minimum absolute atomic E-state index is 0.00233. The first-order valence-corrected chi connectivity index (χ1v) is 9.56. The summed E-state index contributed by atoms with van der Waals surface area (Å²) in [5.74, 6) is 0. The lowest BCUT2D eigenvalue weighted by atomic mass is 10.1. The number of nitrogens with zero attached hydrogens (tertiary/aromatic N) is 4. The second-order valence-corrected chi connectivity index (χ2v) is 7.91. The van der Waals surface area contributed by atoms with Crippen LogP contribution in [0, 0.1) is 13.8 Å². The Morgan fingerprint density at radius 3 is 2.46 bits per heavy atom. The molecule has 0 unspecified atom stereocenters. The SMILES string of the molecule is Cc1cc2ncc3ncn(Cc4ccc(S(N)(=O)=O)cn4)c3c2cc1C. The first-order valence-electron chi connectivity index (χ1n) is 8.01. The van der Waals surface area contributed by atoms with Crippen molar-refractivity contribution in [2.24, 2.45) is 5.14 Å². The fraction of sp³-hybridized carbons (Fsp3) is 0.167. The highest BCUT2D eigenvalue weighted by Gasteiger charge is 2.12. The molecule has 8 heteroatoms. The van der Waals surface area contributed by atoms with E-state index in [1.165, 1.54) is 23.4 Å². The number of hydrogen-bond acceptors (Lipinski definition) is 5. The summed E-state index contributed by atoms with van der Waals surface area (Å²) in [5.41, 5.74) is 5.80. The van der Waals surface area contributed by atoms with E-state index in [0.717, 1.165) is 21.9 Å². The molecule has 1 aromatic carbocycles. The summed E-state index contributed by atoms with van der Waals surface area (Å²) in [6.45, 7) is 4.60. The number of aryl methyl sites for hydroxylation is 2. The average Bonchev–Trinajstić information content (AvgIpc) is 2.99. The molecular weight excluding hydrogens is 350 g/mol. The molecule has 0 aliphatic heterocycles. The van der Waals surface area contributed by atoms with E-state index in [0.29, 0.717) is 12.2 Å². The van der Waals surface area contributed by atoms with Gasteiger partial charge in [0, 0.05) is 11.6 Å². The maximum Gasteiger partial charge on any atom is 0.239 e. The lowest BCUT2D eigenvalue weighted by molar-refractivity contribution is 0.597. The Labute approximate surface area is 150 Å². The van der Waals surface area contributed by atoms with Crippen molar-refractivity contribution in [2.45, 2.75) is 25.3 Å². The maximum absolute atomic E-state index is 11.4. The minimum Gasteiger partial charge on any atom is -0.324 e. The van der Waals surface area contributed by atoms with Crippen LogP contribution in [0.15, 0.2) is 47.9 Å². The summed E-state index contributed by atoms with van der Waals surface area (Å²) in [6, 6.07) is 7.31. The van der Waals surface area contributed by atoms with Gasteiger partial charge in [-0.25, -0.2) is 18.5 Å². The fourth-order valence-corrected chi connectivity index (χ4v) is 3.44. The third-order valence-electron chi connectivity index (χ3n) is 4.52. The van der Waals surface area contributed by atoms with E-state index < -0.39 is 10.0 Å². The highest BCUT2D eigenvalue weighted by Crippen LogP contribution is 2.26. The topological polar surface area (TPSA) is 104 Å². The van der Waals surface area contributed by atoms with Crippen LogP contribution >= 0.6 is 0 Å². The van der Waals surface area contributed by atoms with Crippen LogP contribution in [0.1, 0.15) is 16.8 Å². The molecule has 0 bridgehead atoms. The Morgan fingerprint density at radius 1 is 1.00 bits per heavy atom. The number of aromatic nitrogens is 4. The third kappa shape index (κ3) is 2.83. The smallest absolute Gasteiger partial charge is 0.239 e. The average molecular weight is 367 g/mol. The molecule has 3 aromatic heterocycles. The van der Waals surface area contributed by atoms with Gasteiger partial charge in [-0.15, -0.1) is 0 Å². The molecule has 2 N–H and O–H groups in total.